The zero-order valence-corrected chi connectivity index (χ0v) is 16.2. The lowest BCUT2D eigenvalue weighted by molar-refractivity contribution is 0.0818. The van der Waals surface area contributed by atoms with E-state index >= 15 is 0 Å². The smallest absolute Gasteiger partial charge is 0.195 e. The fourth-order valence-corrected chi connectivity index (χ4v) is 5.38. The summed E-state index contributed by atoms with van der Waals surface area (Å²) in [7, 11) is -3.54. The molecule has 0 amide bonds. The highest BCUT2D eigenvalue weighted by Crippen LogP contribution is 2.33. The minimum atomic E-state index is -3.54. The maximum absolute atomic E-state index is 13.3. The van der Waals surface area contributed by atoms with Crippen molar-refractivity contribution in [2.75, 3.05) is 19.6 Å². The summed E-state index contributed by atoms with van der Waals surface area (Å²) in [6.45, 7) is 7.58. The molecule has 0 aliphatic carbocycles. The first kappa shape index (κ1) is 19.0. The second-order valence-corrected chi connectivity index (χ2v) is 9.38. The Morgan fingerprint density at radius 3 is 2.31 bits per heavy atom. The van der Waals surface area contributed by atoms with E-state index in [1.807, 2.05) is 37.8 Å². The number of hydrogen-bond donors (Lipinski definition) is 1. The van der Waals surface area contributed by atoms with Crippen LogP contribution >= 0.6 is 0 Å². The molecule has 2 aromatic carbocycles. The van der Waals surface area contributed by atoms with Crippen LogP contribution in [0.15, 0.2) is 53.4 Å². The molecule has 4 nitrogen and oxygen atoms in total. The van der Waals surface area contributed by atoms with Crippen LogP contribution in [0.25, 0.3) is 0 Å². The van der Waals surface area contributed by atoms with Gasteiger partial charge in [0.05, 0.1) is 4.90 Å². The lowest BCUT2D eigenvalue weighted by Gasteiger charge is -2.46. The number of sulfone groups is 1. The van der Waals surface area contributed by atoms with Gasteiger partial charge in [0.15, 0.2) is 9.84 Å². The predicted molar refractivity (Wildman–Crippen MR) is 101 cm³/mol. The molecule has 2 aromatic rings. The third-order valence-electron chi connectivity index (χ3n) is 5.17. The monoisotopic (exact) mass is 376 g/mol. The van der Waals surface area contributed by atoms with E-state index in [9.17, 15) is 12.8 Å². The van der Waals surface area contributed by atoms with Crippen molar-refractivity contribution in [1.29, 1.82) is 0 Å². The molecule has 1 aliphatic rings. The SMILES string of the molecule is Cc1ccc(S(=O)(=O)C2CNCCN2C(C)(C)c2ccc(F)cc2)cc1. The highest BCUT2D eigenvalue weighted by atomic mass is 32.2. The van der Waals surface area contributed by atoms with E-state index < -0.39 is 20.8 Å². The molecule has 0 saturated carbocycles. The van der Waals surface area contributed by atoms with Gasteiger partial charge in [-0.1, -0.05) is 29.8 Å². The summed E-state index contributed by atoms with van der Waals surface area (Å²) in [6.07, 6.45) is 0. The summed E-state index contributed by atoms with van der Waals surface area (Å²) < 4.78 is 39.9. The van der Waals surface area contributed by atoms with Gasteiger partial charge in [0, 0.05) is 25.2 Å². The summed E-state index contributed by atoms with van der Waals surface area (Å²) in [5, 5.41) is 2.52. The molecule has 3 rings (SSSR count). The molecule has 1 N–H and O–H groups in total. The van der Waals surface area contributed by atoms with Crippen molar-refractivity contribution in [3.8, 4) is 0 Å². The third-order valence-corrected chi connectivity index (χ3v) is 7.24. The first-order chi connectivity index (χ1) is 12.2. The van der Waals surface area contributed by atoms with Gasteiger partial charge in [-0.3, -0.25) is 4.90 Å². The number of benzene rings is 2. The van der Waals surface area contributed by atoms with Gasteiger partial charge in [-0.05, 0) is 50.6 Å². The minimum absolute atomic E-state index is 0.298. The second-order valence-electron chi connectivity index (χ2n) is 7.28. The fraction of sp³-hybridized carbons (Fsp3) is 0.400. The van der Waals surface area contributed by atoms with Gasteiger partial charge in [0.25, 0.3) is 0 Å². The number of hydrogen-bond acceptors (Lipinski definition) is 4. The van der Waals surface area contributed by atoms with E-state index in [0.717, 1.165) is 11.1 Å². The zero-order valence-electron chi connectivity index (χ0n) is 15.4. The molecular weight excluding hydrogens is 351 g/mol. The van der Waals surface area contributed by atoms with Crippen LogP contribution in [-0.4, -0.2) is 38.3 Å². The Hall–Kier alpha value is -1.76. The number of aryl methyl sites for hydroxylation is 1. The first-order valence-corrected chi connectivity index (χ1v) is 10.3. The molecule has 26 heavy (non-hydrogen) atoms. The first-order valence-electron chi connectivity index (χ1n) is 8.77. The van der Waals surface area contributed by atoms with E-state index in [1.165, 1.54) is 12.1 Å². The average Bonchev–Trinajstić information content (AvgIpc) is 2.62. The highest BCUT2D eigenvalue weighted by molar-refractivity contribution is 7.92. The number of halogens is 1. The van der Waals surface area contributed by atoms with Gasteiger partial charge in [0.1, 0.15) is 11.2 Å². The molecule has 1 atom stereocenters. The van der Waals surface area contributed by atoms with Crippen molar-refractivity contribution >= 4 is 9.84 Å². The summed E-state index contributed by atoms with van der Waals surface area (Å²) in [5.41, 5.74) is 1.37. The average molecular weight is 376 g/mol. The minimum Gasteiger partial charge on any atom is -0.313 e. The van der Waals surface area contributed by atoms with Crippen LogP contribution in [0, 0.1) is 12.7 Å². The summed E-state index contributed by atoms with van der Waals surface area (Å²) in [5.74, 6) is -0.298. The van der Waals surface area contributed by atoms with Crippen molar-refractivity contribution in [1.82, 2.24) is 10.2 Å². The van der Waals surface area contributed by atoms with Gasteiger partial charge in [-0.25, -0.2) is 12.8 Å². The molecule has 0 bridgehead atoms. The Morgan fingerprint density at radius 1 is 1.08 bits per heavy atom. The van der Waals surface area contributed by atoms with Gasteiger partial charge >= 0.3 is 0 Å². The Balaban J connectivity index is 1.99. The van der Waals surface area contributed by atoms with Gasteiger partial charge in [-0.2, -0.15) is 0 Å². The van der Waals surface area contributed by atoms with Crippen molar-refractivity contribution in [3.05, 3.63) is 65.5 Å². The van der Waals surface area contributed by atoms with E-state index in [-0.39, 0.29) is 5.82 Å². The third kappa shape index (κ3) is 3.54. The van der Waals surface area contributed by atoms with Crippen LogP contribution in [0.3, 0.4) is 0 Å². The van der Waals surface area contributed by atoms with Gasteiger partial charge in [0.2, 0.25) is 0 Å². The normalized spacial score (nSPS) is 19.5. The lowest BCUT2D eigenvalue weighted by atomic mass is 9.91. The summed E-state index contributed by atoms with van der Waals surface area (Å²) >= 11 is 0. The Bertz CT molecular complexity index is 862. The number of nitrogens with zero attached hydrogens (tertiary/aromatic N) is 1. The Kier molecular flexibility index (Phi) is 5.19. The Morgan fingerprint density at radius 2 is 1.69 bits per heavy atom. The standard InChI is InChI=1S/C20H25FN2O2S/c1-15-4-10-18(11-5-15)26(24,25)19-14-22-12-13-23(19)20(2,3)16-6-8-17(21)9-7-16/h4-11,19,22H,12-14H2,1-3H3. The van der Waals surface area contributed by atoms with E-state index in [2.05, 4.69) is 5.32 Å². The molecule has 6 heteroatoms. The summed E-state index contributed by atoms with van der Waals surface area (Å²) in [6, 6.07) is 13.3. The fourth-order valence-electron chi connectivity index (χ4n) is 3.50. The van der Waals surface area contributed by atoms with E-state index in [4.69, 9.17) is 0 Å². The summed E-state index contributed by atoms with van der Waals surface area (Å²) in [4.78, 5) is 2.34. The second kappa shape index (κ2) is 7.10. The molecule has 0 aromatic heterocycles. The molecular formula is C20H25FN2O2S. The number of rotatable bonds is 4. The van der Waals surface area contributed by atoms with Crippen LogP contribution in [0.2, 0.25) is 0 Å². The van der Waals surface area contributed by atoms with Crippen LogP contribution < -0.4 is 5.32 Å². The van der Waals surface area contributed by atoms with E-state index in [0.29, 0.717) is 24.5 Å². The maximum Gasteiger partial charge on any atom is 0.195 e. The largest absolute Gasteiger partial charge is 0.313 e. The van der Waals surface area contributed by atoms with E-state index in [1.54, 1.807) is 24.3 Å². The molecule has 1 unspecified atom stereocenters. The highest BCUT2D eigenvalue weighted by Gasteiger charge is 2.42. The predicted octanol–water partition coefficient (Wildman–Crippen LogP) is 3.07. The maximum atomic E-state index is 13.3. The van der Waals surface area contributed by atoms with Crippen molar-refractivity contribution in [2.24, 2.45) is 0 Å². The molecule has 0 spiro atoms. The number of nitrogens with one attached hydrogen (secondary N) is 1. The molecule has 1 aliphatic heterocycles. The zero-order chi connectivity index (χ0) is 18.9. The van der Waals surface area contributed by atoms with Crippen LogP contribution in [-0.2, 0) is 15.4 Å². The van der Waals surface area contributed by atoms with Gasteiger partial charge in [-0.15, -0.1) is 0 Å². The van der Waals surface area contributed by atoms with Crippen molar-refractivity contribution in [3.63, 3.8) is 0 Å². The Labute approximate surface area is 155 Å². The molecule has 1 heterocycles. The molecule has 1 saturated heterocycles. The number of piperazine rings is 1. The van der Waals surface area contributed by atoms with Gasteiger partial charge < -0.3 is 5.32 Å². The molecule has 0 radical (unpaired) electrons. The molecule has 140 valence electrons. The van der Waals surface area contributed by atoms with Crippen LogP contribution in [0.5, 0.6) is 0 Å². The van der Waals surface area contributed by atoms with Crippen molar-refractivity contribution in [2.45, 2.75) is 36.6 Å². The van der Waals surface area contributed by atoms with Crippen LogP contribution in [0.4, 0.5) is 4.39 Å². The lowest BCUT2D eigenvalue weighted by Crippen LogP contribution is -2.60. The van der Waals surface area contributed by atoms with Crippen molar-refractivity contribution < 1.29 is 12.8 Å². The quantitative estimate of drug-likeness (QED) is 0.891. The topological polar surface area (TPSA) is 49.4 Å². The van der Waals surface area contributed by atoms with Crippen LogP contribution in [0.1, 0.15) is 25.0 Å². The molecule has 1 fully saturated rings.